The number of aromatic nitrogens is 1. The molecule has 0 fully saturated rings. The number of carbonyl (C=O) groups is 2. The minimum atomic E-state index is -0.691. The number of benzene rings is 2. The minimum Gasteiger partial charge on any atom is -0.368 e. The van der Waals surface area contributed by atoms with Crippen molar-refractivity contribution < 1.29 is 9.59 Å². The summed E-state index contributed by atoms with van der Waals surface area (Å²) in [5.74, 6) is -0.874. The molecule has 2 aromatic carbocycles. The summed E-state index contributed by atoms with van der Waals surface area (Å²) in [5, 5.41) is 9.36. The van der Waals surface area contributed by atoms with Crippen LogP contribution in [0.25, 0.3) is 0 Å². The molecule has 0 bridgehead atoms. The van der Waals surface area contributed by atoms with Gasteiger partial charge in [-0.3, -0.25) is 24.8 Å². The molecule has 2 aliphatic heterocycles. The Morgan fingerprint density at radius 3 is 2.55 bits per heavy atom. The number of fused-ring (bicyclic) bond motifs is 1. The topological polar surface area (TPSA) is 104 Å². The van der Waals surface area contributed by atoms with Gasteiger partial charge in [0.2, 0.25) is 5.91 Å². The first kappa shape index (κ1) is 21.3. The molecule has 3 heterocycles. The molecule has 2 aliphatic rings. The molecule has 3 N–H and O–H groups in total. The van der Waals surface area contributed by atoms with E-state index < -0.39 is 11.9 Å². The molecular formula is C24H24N6O2S. The van der Waals surface area contributed by atoms with Gasteiger partial charge in [-0.15, -0.1) is 11.3 Å². The average Bonchev–Trinajstić information content (AvgIpc) is 3.44. The number of nitrogens with two attached hydrogens (primary N) is 1. The van der Waals surface area contributed by atoms with Crippen LogP contribution in [0.1, 0.15) is 22.6 Å². The van der Waals surface area contributed by atoms with Gasteiger partial charge in [-0.25, -0.2) is 4.98 Å². The number of hydrogen-bond donors (Lipinski definition) is 2. The molecule has 0 saturated carbocycles. The van der Waals surface area contributed by atoms with Crippen molar-refractivity contribution in [3.63, 3.8) is 0 Å². The van der Waals surface area contributed by atoms with Gasteiger partial charge in [0.1, 0.15) is 11.8 Å². The zero-order chi connectivity index (χ0) is 22.8. The van der Waals surface area contributed by atoms with Gasteiger partial charge >= 0.3 is 0 Å². The number of primary amides is 1. The van der Waals surface area contributed by atoms with Gasteiger partial charge in [-0.05, 0) is 17.7 Å². The zero-order valence-corrected chi connectivity index (χ0v) is 18.8. The Morgan fingerprint density at radius 1 is 1.09 bits per heavy atom. The fraction of sp³-hybridized carbons (Fsp3) is 0.250. The third-order valence-corrected chi connectivity index (χ3v) is 6.80. The van der Waals surface area contributed by atoms with Gasteiger partial charge in [0.05, 0.1) is 11.4 Å². The van der Waals surface area contributed by atoms with Crippen LogP contribution in [0.15, 0.2) is 65.8 Å². The average molecular weight is 461 g/mol. The molecule has 33 heavy (non-hydrogen) atoms. The Morgan fingerprint density at radius 2 is 1.82 bits per heavy atom. The van der Waals surface area contributed by atoms with E-state index >= 15 is 0 Å². The molecule has 2 amide bonds. The van der Waals surface area contributed by atoms with Crippen LogP contribution < -0.4 is 16.1 Å². The predicted molar refractivity (Wildman–Crippen MR) is 129 cm³/mol. The molecule has 0 aliphatic carbocycles. The van der Waals surface area contributed by atoms with Crippen molar-refractivity contribution in [3.05, 3.63) is 76.8 Å². The van der Waals surface area contributed by atoms with Crippen LogP contribution in [0.4, 0.5) is 10.8 Å². The van der Waals surface area contributed by atoms with E-state index in [2.05, 4.69) is 44.6 Å². The highest BCUT2D eigenvalue weighted by Gasteiger charge is 2.35. The summed E-state index contributed by atoms with van der Waals surface area (Å²) in [5.41, 5.74) is 8.87. The summed E-state index contributed by atoms with van der Waals surface area (Å²) in [6.45, 7) is 2.63. The highest BCUT2D eigenvalue weighted by molar-refractivity contribution is 7.16. The number of thiazole rings is 1. The van der Waals surface area contributed by atoms with Crippen LogP contribution >= 0.6 is 11.3 Å². The van der Waals surface area contributed by atoms with Crippen molar-refractivity contribution in [1.29, 1.82) is 0 Å². The minimum absolute atomic E-state index is 0.159. The monoisotopic (exact) mass is 460 g/mol. The standard InChI is InChI=1S/C24H24N6O2S/c25-22(31)20-13-19(28-30(20)17-9-5-2-6-10-17)23(32)27-24-26-18-11-12-29(15-21(18)33-24)14-16-7-3-1-4-8-16/h1-10,20H,11-15H2,(H2,25,31)(H,26,27,32). The Bertz CT molecular complexity index is 1190. The summed E-state index contributed by atoms with van der Waals surface area (Å²) in [4.78, 5) is 33.1. The second kappa shape index (κ2) is 9.13. The number of para-hydroxylation sites is 1. The van der Waals surface area contributed by atoms with Crippen molar-refractivity contribution in [2.24, 2.45) is 10.8 Å². The quantitative estimate of drug-likeness (QED) is 0.589. The third-order valence-electron chi connectivity index (χ3n) is 5.80. The lowest BCUT2D eigenvalue weighted by Crippen LogP contribution is -2.39. The van der Waals surface area contributed by atoms with Crippen LogP contribution in [0.5, 0.6) is 0 Å². The van der Waals surface area contributed by atoms with E-state index in [4.69, 9.17) is 5.73 Å². The smallest absolute Gasteiger partial charge is 0.273 e. The highest BCUT2D eigenvalue weighted by Crippen LogP contribution is 2.30. The SMILES string of the molecule is NC(=O)C1CC(C(=O)Nc2nc3c(s2)CN(Cc2ccccc2)CC3)=NN1c1ccccc1. The number of anilines is 2. The van der Waals surface area contributed by atoms with Crippen LogP contribution in [0.2, 0.25) is 0 Å². The van der Waals surface area contributed by atoms with Crippen LogP contribution in [0, 0.1) is 0 Å². The van der Waals surface area contributed by atoms with Crippen LogP contribution in [-0.2, 0) is 29.1 Å². The Labute approximate surface area is 195 Å². The summed E-state index contributed by atoms with van der Waals surface area (Å²) >= 11 is 1.50. The van der Waals surface area contributed by atoms with Crippen molar-refractivity contribution in [1.82, 2.24) is 9.88 Å². The van der Waals surface area contributed by atoms with Crippen molar-refractivity contribution in [2.75, 3.05) is 16.9 Å². The van der Waals surface area contributed by atoms with E-state index in [9.17, 15) is 9.59 Å². The van der Waals surface area contributed by atoms with E-state index in [1.54, 1.807) is 0 Å². The molecule has 0 saturated heterocycles. The van der Waals surface area contributed by atoms with Gasteiger partial charge in [0.25, 0.3) is 5.91 Å². The number of hydrazone groups is 1. The predicted octanol–water partition coefficient (Wildman–Crippen LogP) is 2.76. The number of nitrogens with zero attached hydrogens (tertiary/aromatic N) is 4. The van der Waals surface area contributed by atoms with Gasteiger partial charge in [-0.1, -0.05) is 48.5 Å². The van der Waals surface area contributed by atoms with Crippen molar-refractivity contribution in [3.8, 4) is 0 Å². The Hall–Kier alpha value is -3.56. The lowest BCUT2D eigenvalue weighted by molar-refractivity contribution is -0.119. The summed E-state index contributed by atoms with van der Waals surface area (Å²) < 4.78 is 0. The van der Waals surface area contributed by atoms with Gasteiger partial charge in [0, 0.05) is 37.4 Å². The summed E-state index contributed by atoms with van der Waals surface area (Å²) in [6.07, 6.45) is 1.01. The maximum absolute atomic E-state index is 12.9. The van der Waals surface area contributed by atoms with E-state index in [-0.39, 0.29) is 18.0 Å². The summed E-state index contributed by atoms with van der Waals surface area (Å²) in [7, 11) is 0. The van der Waals surface area contributed by atoms with Crippen LogP contribution in [0.3, 0.4) is 0 Å². The molecule has 8 nitrogen and oxygen atoms in total. The number of hydrogen-bond acceptors (Lipinski definition) is 7. The molecule has 3 aromatic rings. The lowest BCUT2D eigenvalue weighted by atomic mass is 10.1. The Kier molecular flexibility index (Phi) is 5.89. The third kappa shape index (κ3) is 4.64. The first-order chi connectivity index (χ1) is 16.1. The normalized spacial score (nSPS) is 18.0. The first-order valence-corrected chi connectivity index (χ1v) is 11.7. The lowest BCUT2D eigenvalue weighted by Gasteiger charge is -2.25. The molecule has 0 spiro atoms. The van der Waals surface area contributed by atoms with Gasteiger partial charge in [-0.2, -0.15) is 5.10 Å². The molecule has 9 heteroatoms. The molecule has 1 aromatic heterocycles. The maximum atomic E-state index is 12.9. The highest BCUT2D eigenvalue weighted by atomic mass is 32.1. The fourth-order valence-corrected chi connectivity index (χ4v) is 5.18. The van der Waals surface area contributed by atoms with E-state index in [1.807, 2.05) is 36.4 Å². The van der Waals surface area contributed by atoms with Gasteiger partial charge in [0.15, 0.2) is 5.13 Å². The van der Waals surface area contributed by atoms with Crippen LogP contribution in [-0.4, -0.2) is 40.0 Å². The second-order valence-corrected chi connectivity index (χ2v) is 9.22. The molecule has 168 valence electrons. The summed E-state index contributed by atoms with van der Waals surface area (Å²) in [6, 6.07) is 18.9. The first-order valence-electron chi connectivity index (χ1n) is 10.8. The molecule has 0 radical (unpaired) electrons. The number of carbonyl (C=O) groups excluding carboxylic acids is 2. The van der Waals surface area contributed by atoms with E-state index in [0.717, 1.165) is 31.7 Å². The maximum Gasteiger partial charge on any atom is 0.273 e. The van der Waals surface area contributed by atoms with E-state index in [1.165, 1.54) is 26.8 Å². The molecule has 5 rings (SSSR count). The number of rotatable bonds is 6. The Balaban J connectivity index is 1.27. The second-order valence-electron chi connectivity index (χ2n) is 8.14. The largest absolute Gasteiger partial charge is 0.368 e. The van der Waals surface area contributed by atoms with Gasteiger partial charge < -0.3 is 5.73 Å². The van der Waals surface area contributed by atoms with Crippen molar-refractivity contribution in [2.45, 2.75) is 32.0 Å². The fourth-order valence-electron chi connectivity index (χ4n) is 4.14. The molecule has 1 unspecified atom stereocenters. The number of amides is 2. The zero-order valence-electron chi connectivity index (χ0n) is 18.0. The van der Waals surface area contributed by atoms with E-state index in [0.29, 0.717) is 10.8 Å². The van der Waals surface area contributed by atoms with Crippen molar-refractivity contribution >= 4 is 39.7 Å². The molecular weight excluding hydrogens is 436 g/mol. The number of nitrogens with one attached hydrogen (secondary N) is 1. The molecule has 1 atom stereocenters.